The third-order valence-corrected chi connectivity index (χ3v) is 1.92. The number of rotatable bonds is 8. The van der Waals surface area contributed by atoms with E-state index in [4.69, 9.17) is 14.6 Å². The molecular weight excluding hydrogens is 196 g/mol. The van der Waals surface area contributed by atoms with Gasteiger partial charge in [-0.25, -0.2) is 4.79 Å². The molecule has 0 radical (unpaired) electrons. The minimum absolute atomic E-state index is 0.00639. The molecule has 0 rings (SSSR count). The van der Waals surface area contributed by atoms with Crippen LogP contribution in [0.1, 0.15) is 27.2 Å². The summed E-state index contributed by atoms with van der Waals surface area (Å²) in [6.45, 7) is 7.16. The lowest BCUT2D eigenvalue weighted by molar-refractivity contribution is -0.132. The maximum absolute atomic E-state index is 10.6. The third-order valence-electron chi connectivity index (χ3n) is 1.92. The molecule has 0 aromatic rings. The zero-order chi connectivity index (χ0) is 11.7. The van der Waals surface area contributed by atoms with Crippen molar-refractivity contribution < 1.29 is 19.4 Å². The van der Waals surface area contributed by atoms with Gasteiger partial charge in [-0.2, -0.15) is 0 Å². The Bertz CT molecular complexity index is 211. The van der Waals surface area contributed by atoms with Gasteiger partial charge in [-0.3, -0.25) is 0 Å². The fourth-order valence-corrected chi connectivity index (χ4v) is 1.03. The van der Waals surface area contributed by atoms with Gasteiger partial charge in [0.25, 0.3) is 0 Å². The van der Waals surface area contributed by atoms with E-state index in [9.17, 15) is 4.79 Å². The van der Waals surface area contributed by atoms with Crippen LogP contribution in [0.25, 0.3) is 0 Å². The van der Waals surface area contributed by atoms with Gasteiger partial charge in [0.1, 0.15) is 0 Å². The fraction of sp³-hybridized carbons (Fsp3) is 0.727. The van der Waals surface area contributed by atoms with E-state index in [-0.39, 0.29) is 6.10 Å². The first-order valence-corrected chi connectivity index (χ1v) is 5.23. The molecule has 0 aliphatic rings. The Hall–Kier alpha value is -0.870. The fourth-order valence-electron chi connectivity index (χ4n) is 1.03. The van der Waals surface area contributed by atoms with Crippen LogP contribution in [0, 0.1) is 0 Å². The van der Waals surface area contributed by atoms with Gasteiger partial charge in [0.05, 0.1) is 19.3 Å². The van der Waals surface area contributed by atoms with Crippen LogP contribution >= 0.6 is 0 Å². The Balaban J connectivity index is 3.79. The number of carboxylic acids is 1. The largest absolute Gasteiger partial charge is 0.478 e. The molecule has 0 bridgehead atoms. The lowest BCUT2D eigenvalue weighted by Crippen LogP contribution is -2.16. The SMILES string of the molecule is CCOCC(C)OC/C=C(/CC)C(=O)O. The van der Waals surface area contributed by atoms with Crippen molar-refractivity contribution in [3.63, 3.8) is 0 Å². The standard InChI is InChI=1S/C11H20O4/c1-4-10(11(12)13)6-7-15-9(3)8-14-5-2/h6,9H,4-5,7-8H2,1-3H3,(H,12,13)/b10-6-. The van der Waals surface area contributed by atoms with E-state index in [0.29, 0.717) is 31.8 Å². The first-order chi connectivity index (χ1) is 7.11. The van der Waals surface area contributed by atoms with E-state index in [2.05, 4.69) is 0 Å². The number of carbonyl (C=O) groups is 1. The summed E-state index contributed by atoms with van der Waals surface area (Å²) in [6.07, 6.45) is 2.11. The number of hydrogen-bond acceptors (Lipinski definition) is 3. The highest BCUT2D eigenvalue weighted by Crippen LogP contribution is 2.01. The summed E-state index contributed by atoms with van der Waals surface area (Å²) in [5.41, 5.74) is 0.388. The van der Waals surface area contributed by atoms with Crippen LogP contribution in [0.15, 0.2) is 11.6 Å². The van der Waals surface area contributed by atoms with Gasteiger partial charge < -0.3 is 14.6 Å². The smallest absolute Gasteiger partial charge is 0.331 e. The van der Waals surface area contributed by atoms with Gasteiger partial charge in [0.15, 0.2) is 0 Å². The molecule has 0 aromatic heterocycles. The molecule has 15 heavy (non-hydrogen) atoms. The normalized spacial score (nSPS) is 13.9. The molecule has 0 saturated carbocycles. The molecule has 88 valence electrons. The summed E-state index contributed by atoms with van der Waals surface area (Å²) in [5.74, 6) is -0.876. The topological polar surface area (TPSA) is 55.8 Å². The summed E-state index contributed by atoms with van der Waals surface area (Å²) >= 11 is 0. The van der Waals surface area contributed by atoms with Gasteiger partial charge in [-0.05, 0) is 26.3 Å². The van der Waals surface area contributed by atoms with E-state index in [1.807, 2.05) is 20.8 Å². The molecule has 4 heteroatoms. The van der Waals surface area contributed by atoms with E-state index in [0.717, 1.165) is 0 Å². The molecule has 0 fully saturated rings. The second-order valence-corrected chi connectivity index (χ2v) is 3.19. The average Bonchev–Trinajstić information content (AvgIpc) is 2.20. The summed E-state index contributed by atoms with van der Waals surface area (Å²) in [6, 6.07) is 0. The highest BCUT2D eigenvalue weighted by Gasteiger charge is 2.04. The van der Waals surface area contributed by atoms with Crippen molar-refractivity contribution in [1.82, 2.24) is 0 Å². The summed E-state index contributed by atoms with van der Waals surface area (Å²) < 4.78 is 10.5. The molecule has 1 atom stereocenters. The lowest BCUT2D eigenvalue weighted by atomic mass is 10.2. The highest BCUT2D eigenvalue weighted by atomic mass is 16.5. The van der Waals surface area contributed by atoms with Crippen molar-refractivity contribution in [2.45, 2.75) is 33.3 Å². The minimum Gasteiger partial charge on any atom is -0.478 e. The van der Waals surface area contributed by atoms with Crippen LogP contribution in [0.3, 0.4) is 0 Å². The summed E-state index contributed by atoms with van der Waals surface area (Å²) in [5, 5.41) is 8.73. The van der Waals surface area contributed by atoms with Crippen molar-refractivity contribution in [2.75, 3.05) is 19.8 Å². The Kier molecular flexibility index (Phi) is 7.95. The summed E-state index contributed by atoms with van der Waals surface area (Å²) in [7, 11) is 0. The quantitative estimate of drug-likeness (QED) is 0.629. The van der Waals surface area contributed by atoms with Crippen LogP contribution in [-0.2, 0) is 14.3 Å². The minimum atomic E-state index is -0.876. The lowest BCUT2D eigenvalue weighted by Gasteiger charge is -2.11. The molecule has 0 aromatic carbocycles. The Morgan fingerprint density at radius 2 is 2.13 bits per heavy atom. The summed E-state index contributed by atoms with van der Waals surface area (Å²) in [4.78, 5) is 10.6. The third kappa shape index (κ3) is 7.11. The van der Waals surface area contributed by atoms with Crippen molar-refractivity contribution >= 4 is 5.97 Å². The second kappa shape index (κ2) is 8.44. The van der Waals surface area contributed by atoms with Gasteiger partial charge in [0, 0.05) is 12.2 Å². The van der Waals surface area contributed by atoms with Crippen LogP contribution in [0.2, 0.25) is 0 Å². The van der Waals surface area contributed by atoms with Gasteiger partial charge in [-0.1, -0.05) is 6.92 Å². The van der Waals surface area contributed by atoms with Crippen molar-refractivity contribution in [3.05, 3.63) is 11.6 Å². The van der Waals surface area contributed by atoms with E-state index in [1.54, 1.807) is 6.08 Å². The number of carboxylic acid groups (broad SMARTS) is 1. The average molecular weight is 216 g/mol. The van der Waals surface area contributed by atoms with Crippen LogP contribution in [0.5, 0.6) is 0 Å². The van der Waals surface area contributed by atoms with E-state index < -0.39 is 5.97 Å². The molecule has 0 amide bonds. The first-order valence-electron chi connectivity index (χ1n) is 5.23. The Morgan fingerprint density at radius 3 is 2.60 bits per heavy atom. The Morgan fingerprint density at radius 1 is 1.47 bits per heavy atom. The molecular formula is C11H20O4. The van der Waals surface area contributed by atoms with Crippen LogP contribution < -0.4 is 0 Å². The molecule has 1 unspecified atom stereocenters. The predicted molar refractivity (Wildman–Crippen MR) is 57.9 cm³/mol. The van der Waals surface area contributed by atoms with Crippen molar-refractivity contribution in [1.29, 1.82) is 0 Å². The maximum atomic E-state index is 10.6. The van der Waals surface area contributed by atoms with E-state index in [1.165, 1.54) is 0 Å². The van der Waals surface area contributed by atoms with Gasteiger partial charge in [0.2, 0.25) is 0 Å². The van der Waals surface area contributed by atoms with Gasteiger partial charge in [-0.15, -0.1) is 0 Å². The Labute approximate surface area is 90.9 Å². The molecule has 0 spiro atoms. The van der Waals surface area contributed by atoms with Crippen molar-refractivity contribution in [2.24, 2.45) is 0 Å². The molecule has 0 aliphatic heterocycles. The molecule has 0 aliphatic carbocycles. The highest BCUT2D eigenvalue weighted by molar-refractivity contribution is 5.86. The van der Waals surface area contributed by atoms with Crippen LogP contribution in [-0.4, -0.2) is 37.0 Å². The number of ether oxygens (including phenoxy) is 2. The zero-order valence-electron chi connectivity index (χ0n) is 9.66. The monoisotopic (exact) mass is 216 g/mol. The maximum Gasteiger partial charge on any atom is 0.331 e. The molecule has 0 saturated heterocycles. The van der Waals surface area contributed by atoms with Gasteiger partial charge >= 0.3 is 5.97 Å². The first kappa shape index (κ1) is 14.1. The predicted octanol–water partition coefficient (Wildman–Crippen LogP) is 1.85. The van der Waals surface area contributed by atoms with E-state index >= 15 is 0 Å². The molecule has 1 N–H and O–H groups in total. The van der Waals surface area contributed by atoms with Crippen LogP contribution in [0.4, 0.5) is 0 Å². The zero-order valence-corrected chi connectivity index (χ0v) is 9.66. The number of aliphatic carboxylic acids is 1. The number of hydrogen-bond donors (Lipinski definition) is 1. The molecule has 4 nitrogen and oxygen atoms in total. The van der Waals surface area contributed by atoms with Crippen molar-refractivity contribution in [3.8, 4) is 0 Å². The molecule has 0 heterocycles. The second-order valence-electron chi connectivity index (χ2n) is 3.19.